The van der Waals surface area contributed by atoms with Gasteiger partial charge < -0.3 is 20.6 Å². The van der Waals surface area contributed by atoms with Gasteiger partial charge in [0.1, 0.15) is 5.52 Å². The third kappa shape index (κ3) is 5.23. The molecule has 2 aliphatic rings. The van der Waals surface area contributed by atoms with Crippen LogP contribution in [0.3, 0.4) is 0 Å². The number of aliphatic hydroxyl groups excluding tert-OH is 1. The SMILES string of the molecule is CC(=O)N1CCC(Nc2ncc(F)c3c(NCC(O)CN4CCc5ccccc5C4)n[nH]c23)CC1. The van der Waals surface area contributed by atoms with Gasteiger partial charge in [0.05, 0.1) is 17.7 Å². The van der Waals surface area contributed by atoms with E-state index in [2.05, 4.69) is 48.9 Å². The predicted molar refractivity (Wildman–Crippen MR) is 133 cm³/mol. The maximum atomic E-state index is 14.7. The van der Waals surface area contributed by atoms with Crippen molar-refractivity contribution in [3.8, 4) is 0 Å². The van der Waals surface area contributed by atoms with E-state index in [0.717, 1.165) is 32.4 Å². The Balaban J connectivity index is 1.20. The van der Waals surface area contributed by atoms with Crippen molar-refractivity contribution in [2.75, 3.05) is 43.4 Å². The molecule has 0 bridgehead atoms. The van der Waals surface area contributed by atoms with Crippen molar-refractivity contribution in [1.29, 1.82) is 0 Å². The van der Waals surface area contributed by atoms with Gasteiger partial charge in [-0.15, -0.1) is 0 Å². The number of nitrogens with one attached hydrogen (secondary N) is 3. The summed E-state index contributed by atoms with van der Waals surface area (Å²) in [5.41, 5.74) is 3.17. The summed E-state index contributed by atoms with van der Waals surface area (Å²) in [4.78, 5) is 19.9. The van der Waals surface area contributed by atoms with Crippen LogP contribution in [0.1, 0.15) is 30.9 Å². The first-order valence-corrected chi connectivity index (χ1v) is 12.2. The van der Waals surface area contributed by atoms with Gasteiger partial charge in [-0.2, -0.15) is 5.10 Å². The number of β-amino-alcohol motifs (C(OH)–C–C–N with tert-alkyl or cyclic N) is 1. The van der Waals surface area contributed by atoms with E-state index in [4.69, 9.17) is 0 Å². The molecule has 35 heavy (non-hydrogen) atoms. The second kappa shape index (κ2) is 10.2. The smallest absolute Gasteiger partial charge is 0.219 e. The highest BCUT2D eigenvalue weighted by Crippen LogP contribution is 2.29. The molecule has 5 rings (SSSR count). The number of likely N-dealkylation sites (tertiary alicyclic amines) is 1. The van der Waals surface area contributed by atoms with E-state index >= 15 is 0 Å². The molecule has 1 saturated heterocycles. The molecule has 1 unspecified atom stereocenters. The topological polar surface area (TPSA) is 109 Å². The van der Waals surface area contributed by atoms with Crippen LogP contribution in [0.5, 0.6) is 0 Å². The molecule has 1 amide bonds. The van der Waals surface area contributed by atoms with Gasteiger partial charge in [0.15, 0.2) is 17.5 Å². The van der Waals surface area contributed by atoms with Crippen LogP contribution >= 0.6 is 0 Å². The molecule has 0 spiro atoms. The summed E-state index contributed by atoms with van der Waals surface area (Å²) in [6, 6.07) is 8.55. The lowest BCUT2D eigenvalue weighted by molar-refractivity contribution is -0.129. The number of aromatic nitrogens is 3. The molecule has 186 valence electrons. The fourth-order valence-corrected chi connectivity index (χ4v) is 5.05. The highest BCUT2D eigenvalue weighted by molar-refractivity contribution is 5.96. The van der Waals surface area contributed by atoms with Gasteiger partial charge >= 0.3 is 0 Å². The summed E-state index contributed by atoms with van der Waals surface area (Å²) >= 11 is 0. The quantitative estimate of drug-likeness (QED) is 0.410. The normalized spacial score (nSPS) is 17.9. The van der Waals surface area contributed by atoms with Gasteiger partial charge in [0.2, 0.25) is 5.91 Å². The zero-order valence-corrected chi connectivity index (χ0v) is 19.9. The average Bonchev–Trinajstić information content (AvgIpc) is 3.30. The fraction of sp³-hybridized carbons (Fsp3) is 0.480. The zero-order valence-electron chi connectivity index (χ0n) is 19.9. The van der Waals surface area contributed by atoms with Crippen molar-refractivity contribution in [2.24, 2.45) is 0 Å². The third-order valence-electron chi connectivity index (χ3n) is 7.01. The molecule has 4 N–H and O–H groups in total. The number of anilines is 2. The van der Waals surface area contributed by atoms with Crippen LogP contribution in [0.4, 0.5) is 16.0 Å². The molecule has 0 radical (unpaired) electrons. The molecule has 3 aromatic rings. The Kier molecular flexibility index (Phi) is 6.83. The minimum atomic E-state index is -0.624. The number of nitrogens with zero attached hydrogens (tertiary/aromatic N) is 4. The molecular weight excluding hydrogens is 449 g/mol. The maximum absolute atomic E-state index is 14.7. The minimum absolute atomic E-state index is 0.0855. The molecule has 2 aliphatic heterocycles. The Morgan fingerprint density at radius 1 is 1.23 bits per heavy atom. The second-order valence-corrected chi connectivity index (χ2v) is 9.49. The number of aromatic amines is 1. The van der Waals surface area contributed by atoms with Crippen molar-refractivity contribution in [3.05, 3.63) is 47.4 Å². The maximum Gasteiger partial charge on any atom is 0.219 e. The summed E-state index contributed by atoms with van der Waals surface area (Å²) in [6.45, 7) is 5.46. The lowest BCUT2D eigenvalue weighted by Gasteiger charge is -2.32. The van der Waals surface area contributed by atoms with Crippen LogP contribution in [-0.4, -0.2) is 80.9 Å². The summed E-state index contributed by atoms with van der Waals surface area (Å²) in [7, 11) is 0. The number of hydrogen-bond acceptors (Lipinski definition) is 7. The molecule has 10 heteroatoms. The van der Waals surface area contributed by atoms with Gasteiger partial charge in [-0.25, -0.2) is 9.37 Å². The van der Waals surface area contributed by atoms with Crippen LogP contribution in [0.25, 0.3) is 10.9 Å². The van der Waals surface area contributed by atoms with Gasteiger partial charge in [0.25, 0.3) is 0 Å². The molecule has 0 saturated carbocycles. The number of aliphatic hydroxyl groups is 1. The number of benzene rings is 1. The average molecular weight is 482 g/mol. The van der Waals surface area contributed by atoms with Crippen molar-refractivity contribution < 1.29 is 14.3 Å². The third-order valence-corrected chi connectivity index (χ3v) is 7.01. The Hall–Kier alpha value is -3.24. The molecule has 2 aromatic heterocycles. The van der Waals surface area contributed by atoms with E-state index in [0.29, 0.717) is 42.2 Å². The van der Waals surface area contributed by atoms with Crippen LogP contribution < -0.4 is 10.6 Å². The fourth-order valence-electron chi connectivity index (χ4n) is 5.05. The Morgan fingerprint density at radius 3 is 2.77 bits per heavy atom. The van der Waals surface area contributed by atoms with Gasteiger partial charge in [-0.05, 0) is 30.4 Å². The molecule has 4 heterocycles. The number of H-pyrrole nitrogens is 1. The minimum Gasteiger partial charge on any atom is -0.390 e. The number of pyridine rings is 1. The largest absolute Gasteiger partial charge is 0.390 e. The summed E-state index contributed by atoms with van der Waals surface area (Å²) < 4.78 is 14.7. The van der Waals surface area contributed by atoms with Gasteiger partial charge in [-0.1, -0.05) is 24.3 Å². The van der Waals surface area contributed by atoms with Gasteiger partial charge in [-0.3, -0.25) is 14.8 Å². The number of amides is 1. The zero-order chi connectivity index (χ0) is 24.4. The second-order valence-electron chi connectivity index (χ2n) is 9.49. The monoisotopic (exact) mass is 481 g/mol. The number of carbonyl (C=O) groups excluding carboxylic acids is 1. The van der Waals surface area contributed by atoms with Crippen LogP contribution in [0.2, 0.25) is 0 Å². The molecular formula is C25H32FN7O2. The lowest BCUT2D eigenvalue weighted by Crippen LogP contribution is -2.41. The number of fused-ring (bicyclic) bond motifs is 2. The number of halogens is 1. The van der Waals surface area contributed by atoms with E-state index in [1.54, 1.807) is 6.92 Å². The summed E-state index contributed by atoms with van der Waals surface area (Å²) in [6.07, 6.45) is 3.14. The number of rotatable bonds is 7. The van der Waals surface area contributed by atoms with Crippen molar-refractivity contribution in [1.82, 2.24) is 25.0 Å². The molecule has 0 aliphatic carbocycles. The predicted octanol–water partition coefficient (Wildman–Crippen LogP) is 2.35. The van der Waals surface area contributed by atoms with Crippen LogP contribution in [0, 0.1) is 5.82 Å². The van der Waals surface area contributed by atoms with E-state index < -0.39 is 11.9 Å². The molecule has 1 aromatic carbocycles. The first kappa shape index (κ1) is 23.5. The first-order valence-electron chi connectivity index (χ1n) is 12.2. The van der Waals surface area contributed by atoms with Crippen molar-refractivity contribution >= 4 is 28.4 Å². The summed E-state index contributed by atoms with van der Waals surface area (Å²) in [5, 5.41) is 24.6. The highest BCUT2D eigenvalue weighted by atomic mass is 19.1. The Bertz CT molecular complexity index is 1190. The van der Waals surface area contributed by atoms with E-state index in [1.165, 1.54) is 17.3 Å². The van der Waals surface area contributed by atoms with E-state index in [-0.39, 0.29) is 18.5 Å². The highest BCUT2D eigenvalue weighted by Gasteiger charge is 2.24. The van der Waals surface area contributed by atoms with Crippen LogP contribution in [-0.2, 0) is 17.8 Å². The standard InChI is InChI=1S/C25H32FN7O2/c1-16(34)33-10-7-19(8-11-33)29-25-23-22(21(26)13-28-25)24(31-30-23)27-12-20(35)15-32-9-6-17-4-2-3-5-18(17)14-32/h2-5,13,19-20,35H,6-12,14-15H2,1H3,(H,28,29)(H2,27,30,31). The van der Waals surface area contributed by atoms with Crippen LogP contribution in [0.15, 0.2) is 30.5 Å². The number of carbonyl (C=O) groups is 1. The lowest BCUT2D eigenvalue weighted by atomic mass is 10.00. The Labute approximate surface area is 203 Å². The van der Waals surface area contributed by atoms with Gasteiger partial charge in [0, 0.05) is 52.2 Å². The van der Waals surface area contributed by atoms with E-state index in [9.17, 15) is 14.3 Å². The molecule has 1 atom stereocenters. The first-order chi connectivity index (χ1) is 17.0. The number of piperidine rings is 1. The molecule has 1 fully saturated rings. The van der Waals surface area contributed by atoms with Crippen molar-refractivity contribution in [2.45, 2.75) is 44.9 Å². The van der Waals surface area contributed by atoms with E-state index in [1.807, 2.05) is 11.0 Å². The Morgan fingerprint density at radius 2 is 2.00 bits per heavy atom. The molecule has 9 nitrogen and oxygen atoms in total. The van der Waals surface area contributed by atoms with Crippen molar-refractivity contribution in [3.63, 3.8) is 0 Å². The number of hydrogen-bond donors (Lipinski definition) is 4. The summed E-state index contributed by atoms with van der Waals surface area (Å²) in [5.74, 6) is 0.505.